The van der Waals surface area contributed by atoms with Crippen molar-refractivity contribution >= 4 is 17.5 Å². The van der Waals surface area contributed by atoms with Crippen molar-refractivity contribution < 1.29 is 22.8 Å². The summed E-state index contributed by atoms with van der Waals surface area (Å²) in [5.74, 6) is -0.806. The van der Waals surface area contributed by atoms with E-state index in [1.807, 2.05) is 0 Å². The Kier molecular flexibility index (Phi) is 5.01. The normalized spacial score (nSPS) is 23.8. The number of para-hydroxylation sites is 1. The van der Waals surface area contributed by atoms with E-state index in [9.17, 15) is 22.8 Å². The number of hydrogen-bond acceptors (Lipinski definition) is 2. The highest BCUT2D eigenvalue weighted by atomic mass is 19.4. The van der Waals surface area contributed by atoms with Crippen molar-refractivity contribution in [3.05, 3.63) is 29.8 Å². The Labute approximate surface area is 144 Å². The van der Waals surface area contributed by atoms with Gasteiger partial charge in [0.1, 0.15) is 0 Å². The number of rotatable bonds is 4. The first-order chi connectivity index (χ1) is 11.8. The average molecular weight is 354 g/mol. The van der Waals surface area contributed by atoms with E-state index in [1.54, 1.807) is 0 Å². The number of amides is 2. The van der Waals surface area contributed by atoms with E-state index in [0.29, 0.717) is 31.7 Å². The van der Waals surface area contributed by atoms with E-state index in [2.05, 4.69) is 10.6 Å². The fourth-order valence-corrected chi connectivity index (χ4v) is 3.24. The molecular formula is C18H21F3N2O2. The van der Waals surface area contributed by atoms with Gasteiger partial charge in [-0.05, 0) is 50.7 Å². The van der Waals surface area contributed by atoms with Crippen molar-refractivity contribution in [2.75, 3.05) is 5.32 Å². The summed E-state index contributed by atoms with van der Waals surface area (Å²) in [5, 5.41) is 5.38. The second kappa shape index (κ2) is 7.06. The highest BCUT2D eigenvalue weighted by Crippen LogP contribution is 2.36. The van der Waals surface area contributed by atoms with Gasteiger partial charge in [0.05, 0.1) is 11.3 Å². The van der Waals surface area contributed by atoms with Gasteiger partial charge in [0.2, 0.25) is 11.8 Å². The standard InChI is InChI=1S/C18H21F3N2O2/c19-18(20,21)14-3-1-2-4-15(14)23-17(25)12-7-5-11(6-8-12)16(24)22-13-9-10-13/h1-4,11-13H,5-10H2,(H,22,24)(H,23,25). The Bertz CT molecular complexity index is 648. The van der Waals surface area contributed by atoms with Crippen LogP contribution in [0.5, 0.6) is 0 Å². The van der Waals surface area contributed by atoms with Gasteiger partial charge in [0, 0.05) is 17.9 Å². The van der Waals surface area contributed by atoms with Crippen molar-refractivity contribution in [2.45, 2.75) is 50.7 Å². The molecule has 2 aliphatic rings. The molecule has 1 aromatic rings. The summed E-state index contributed by atoms with van der Waals surface area (Å²) in [6, 6.07) is 5.28. The Morgan fingerprint density at radius 1 is 0.880 bits per heavy atom. The number of halogens is 3. The lowest BCUT2D eigenvalue weighted by atomic mass is 9.81. The third-order valence-corrected chi connectivity index (χ3v) is 4.88. The molecule has 0 atom stereocenters. The molecule has 2 aliphatic carbocycles. The highest BCUT2D eigenvalue weighted by molar-refractivity contribution is 5.93. The summed E-state index contributed by atoms with van der Waals surface area (Å²) in [6.07, 6.45) is -0.229. The summed E-state index contributed by atoms with van der Waals surface area (Å²) in [5.41, 5.74) is -1.06. The fourth-order valence-electron chi connectivity index (χ4n) is 3.24. The lowest BCUT2D eigenvalue weighted by Crippen LogP contribution is -2.36. The Hall–Kier alpha value is -2.05. The van der Waals surface area contributed by atoms with Crippen LogP contribution in [0, 0.1) is 11.8 Å². The Balaban J connectivity index is 1.56. The van der Waals surface area contributed by atoms with Crippen LogP contribution in [0.3, 0.4) is 0 Å². The van der Waals surface area contributed by atoms with Gasteiger partial charge < -0.3 is 10.6 Å². The molecule has 2 saturated carbocycles. The third kappa shape index (κ3) is 4.52. The molecule has 0 bridgehead atoms. The minimum atomic E-state index is -4.51. The molecule has 0 saturated heterocycles. The van der Waals surface area contributed by atoms with Crippen LogP contribution in [0.2, 0.25) is 0 Å². The van der Waals surface area contributed by atoms with Gasteiger partial charge >= 0.3 is 6.18 Å². The first-order valence-corrected chi connectivity index (χ1v) is 8.62. The summed E-state index contributed by atoms with van der Waals surface area (Å²) in [7, 11) is 0. The predicted octanol–water partition coefficient (Wildman–Crippen LogP) is 3.73. The Morgan fingerprint density at radius 3 is 2.00 bits per heavy atom. The highest BCUT2D eigenvalue weighted by Gasteiger charge is 2.35. The molecule has 25 heavy (non-hydrogen) atoms. The molecule has 1 aromatic carbocycles. The minimum Gasteiger partial charge on any atom is -0.353 e. The molecule has 2 amide bonds. The molecule has 4 nitrogen and oxygen atoms in total. The van der Waals surface area contributed by atoms with E-state index < -0.39 is 17.6 Å². The lowest BCUT2D eigenvalue weighted by Gasteiger charge is -2.27. The number of carbonyl (C=O) groups is 2. The first-order valence-electron chi connectivity index (χ1n) is 8.62. The van der Waals surface area contributed by atoms with E-state index in [-0.39, 0.29) is 23.4 Å². The monoisotopic (exact) mass is 354 g/mol. The second-order valence-corrected chi connectivity index (χ2v) is 6.86. The maximum absolute atomic E-state index is 13.0. The van der Waals surface area contributed by atoms with Gasteiger partial charge in [-0.15, -0.1) is 0 Å². The smallest absolute Gasteiger partial charge is 0.353 e. The first kappa shape index (κ1) is 17.8. The van der Waals surface area contributed by atoms with Gasteiger partial charge in [0.25, 0.3) is 0 Å². The van der Waals surface area contributed by atoms with Crippen LogP contribution in [0.25, 0.3) is 0 Å². The number of hydrogen-bond donors (Lipinski definition) is 2. The molecule has 0 aliphatic heterocycles. The second-order valence-electron chi connectivity index (χ2n) is 6.86. The molecule has 0 unspecified atom stereocenters. The van der Waals surface area contributed by atoms with Crippen LogP contribution < -0.4 is 10.6 Å². The number of benzene rings is 1. The number of carbonyl (C=O) groups excluding carboxylic acids is 2. The number of alkyl halides is 3. The van der Waals surface area contributed by atoms with Gasteiger partial charge in [-0.25, -0.2) is 0 Å². The molecule has 0 aromatic heterocycles. The molecule has 2 N–H and O–H groups in total. The van der Waals surface area contributed by atoms with Crippen molar-refractivity contribution in [3.8, 4) is 0 Å². The SMILES string of the molecule is O=C(Nc1ccccc1C(F)(F)F)C1CCC(C(=O)NC2CC2)CC1. The largest absolute Gasteiger partial charge is 0.418 e. The van der Waals surface area contributed by atoms with Crippen LogP contribution in [-0.2, 0) is 15.8 Å². The van der Waals surface area contributed by atoms with Gasteiger partial charge in [-0.2, -0.15) is 13.2 Å². The topological polar surface area (TPSA) is 58.2 Å². The van der Waals surface area contributed by atoms with Crippen molar-refractivity contribution in [3.63, 3.8) is 0 Å². The zero-order valence-electron chi connectivity index (χ0n) is 13.7. The van der Waals surface area contributed by atoms with E-state index in [0.717, 1.165) is 18.9 Å². The molecule has 2 fully saturated rings. The van der Waals surface area contributed by atoms with Crippen molar-refractivity contribution in [1.29, 1.82) is 0 Å². The minimum absolute atomic E-state index is 0.0452. The summed E-state index contributed by atoms with van der Waals surface area (Å²) in [6.45, 7) is 0. The van der Waals surface area contributed by atoms with Gasteiger partial charge in [-0.1, -0.05) is 12.1 Å². The van der Waals surface area contributed by atoms with Crippen LogP contribution >= 0.6 is 0 Å². The summed E-state index contributed by atoms with van der Waals surface area (Å²) < 4.78 is 39.0. The maximum atomic E-state index is 13.0. The zero-order chi connectivity index (χ0) is 18.0. The van der Waals surface area contributed by atoms with Crippen molar-refractivity contribution in [1.82, 2.24) is 5.32 Å². The fraction of sp³-hybridized carbons (Fsp3) is 0.556. The Morgan fingerprint density at radius 2 is 1.44 bits per heavy atom. The van der Waals surface area contributed by atoms with Crippen LogP contribution in [-0.4, -0.2) is 17.9 Å². The quantitative estimate of drug-likeness (QED) is 0.866. The average Bonchev–Trinajstić information content (AvgIpc) is 3.38. The lowest BCUT2D eigenvalue weighted by molar-refractivity contribution is -0.137. The molecule has 7 heteroatoms. The summed E-state index contributed by atoms with van der Waals surface area (Å²) in [4.78, 5) is 24.4. The molecular weight excluding hydrogens is 333 g/mol. The number of nitrogens with one attached hydrogen (secondary N) is 2. The summed E-state index contributed by atoms with van der Waals surface area (Å²) >= 11 is 0. The third-order valence-electron chi connectivity index (χ3n) is 4.88. The molecule has 0 radical (unpaired) electrons. The van der Waals surface area contributed by atoms with Crippen LogP contribution in [0.15, 0.2) is 24.3 Å². The van der Waals surface area contributed by atoms with Crippen molar-refractivity contribution in [2.24, 2.45) is 11.8 Å². The molecule has 0 heterocycles. The van der Waals surface area contributed by atoms with Gasteiger partial charge in [-0.3, -0.25) is 9.59 Å². The van der Waals surface area contributed by atoms with Crippen LogP contribution in [0.1, 0.15) is 44.1 Å². The molecule has 136 valence electrons. The number of anilines is 1. The van der Waals surface area contributed by atoms with E-state index in [1.165, 1.54) is 18.2 Å². The maximum Gasteiger partial charge on any atom is 0.418 e. The molecule has 0 spiro atoms. The van der Waals surface area contributed by atoms with E-state index in [4.69, 9.17) is 0 Å². The van der Waals surface area contributed by atoms with Crippen LogP contribution in [0.4, 0.5) is 18.9 Å². The van der Waals surface area contributed by atoms with Gasteiger partial charge in [0.15, 0.2) is 0 Å². The van der Waals surface area contributed by atoms with E-state index >= 15 is 0 Å². The molecule has 3 rings (SSSR count). The zero-order valence-corrected chi connectivity index (χ0v) is 13.7. The predicted molar refractivity (Wildman–Crippen MR) is 86.7 cm³/mol.